The summed E-state index contributed by atoms with van der Waals surface area (Å²) in [5.41, 5.74) is 1.82. The van der Waals surface area contributed by atoms with Gasteiger partial charge in [0.1, 0.15) is 0 Å². The fourth-order valence-corrected chi connectivity index (χ4v) is 5.33. The van der Waals surface area contributed by atoms with Crippen LogP contribution in [0.25, 0.3) is 0 Å². The molecule has 0 atom stereocenters. The van der Waals surface area contributed by atoms with Crippen LogP contribution in [0, 0.1) is 6.92 Å². The molecule has 1 aliphatic carbocycles. The van der Waals surface area contributed by atoms with Crippen molar-refractivity contribution in [3.8, 4) is 0 Å². The molecule has 1 heterocycles. The molecular weight excluding hydrogens is 348 g/mol. The van der Waals surface area contributed by atoms with Gasteiger partial charge in [-0.05, 0) is 49.4 Å². The van der Waals surface area contributed by atoms with E-state index in [0.29, 0.717) is 24.2 Å². The van der Waals surface area contributed by atoms with Crippen molar-refractivity contribution in [2.24, 2.45) is 0 Å². The number of anilines is 1. The Morgan fingerprint density at radius 2 is 1.81 bits per heavy atom. The van der Waals surface area contributed by atoms with E-state index in [9.17, 15) is 13.2 Å². The van der Waals surface area contributed by atoms with E-state index >= 15 is 0 Å². The topological polar surface area (TPSA) is 66.5 Å². The van der Waals surface area contributed by atoms with Crippen molar-refractivity contribution in [3.63, 3.8) is 0 Å². The summed E-state index contributed by atoms with van der Waals surface area (Å²) in [6.45, 7) is 2.43. The van der Waals surface area contributed by atoms with E-state index < -0.39 is 15.6 Å². The van der Waals surface area contributed by atoms with Gasteiger partial charge < -0.3 is 4.90 Å². The predicted octanol–water partition coefficient (Wildman–Crippen LogP) is 3.09. The van der Waals surface area contributed by atoms with Crippen LogP contribution >= 0.6 is 0 Å². The maximum atomic E-state index is 13.1. The highest BCUT2D eigenvalue weighted by Gasteiger charge is 2.47. The lowest BCUT2D eigenvalue weighted by Crippen LogP contribution is -2.35. The molecule has 1 N–H and O–H groups in total. The Balaban J connectivity index is 1.67. The van der Waals surface area contributed by atoms with Gasteiger partial charge in [0.05, 0.1) is 10.4 Å². The second-order valence-electron chi connectivity index (χ2n) is 7.15. The van der Waals surface area contributed by atoms with Crippen molar-refractivity contribution >= 4 is 21.6 Å². The quantitative estimate of drug-likeness (QED) is 0.879. The molecule has 0 spiro atoms. The number of benzene rings is 2. The highest BCUT2D eigenvalue weighted by Crippen LogP contribution is 2.46. The van der Waals surface area contributed by atoms with Crippen LogP contribution in [0.3, 0.4) is 0 Å². The molecule has 1 amide bonds. The van der Waals surface area contributed by atoms with Gasteiger partial charge in [-0.1, -0.05) is 36.4 Å². The summed E-state index contributed by atoms with van der Waals surface area (Å²) in [5.74, 6) is 0.0492. The molecule has 1 saturated carbocycles. The molecule has 136 valence electrons. The van der Waals surface area contributed by atoms with E-state index in [1.54, 1.807) is 24.0 Å². The van der Waals surface area contributed by atoms with Crippen molar-refractivity contribution in [1.82, 2.24) is 4.72 Å². The number of hydrogen-bond donors (Lipinski definition) is 1. The molecule has 4 rings (SSSR count). The minimum atomic E-state index is -3.69. The fourth-order valence-electron chi connectivity index (χ4n) is 3.61. The lowest BCUT2D eigenvalue weighted by Gasteiger charge is -2.21. The predicted molar refractivity (Wildman–Crippen MR) is 100 cm³/mol. The summed E-state index contributed by atoms with van der Waals surface area (Å²) in [4.78, 5) is 13.9. The van der Waals surface area contributed by atoms with Crippen molar-refractivity contribution in [2.45, 2.75) is 43.0 Å². The molecule has 6 heteroatoms. The maximum absolute atomic E-state index is 13.1. The van der Waals surface area contributed by atoms with Crippen molar-refractivity contribution < 1.29 is 13.2 Å². The van der Waals surface area contributed by atoms with Gasteiger partial charge in [0.25, 0.3) is 0 Å². The van der Waals surface area contributed by atoms with Gasteiger partial charge in [0.2, 0.25) is 15.9 Å². The second-order valence-corrected chi connectivity index (χ2v) is 8.80. The molecule has 2 aromatic carbocycles. The van der Waals surface area contributed by atoms with Crippen molar-refractivity contribution in [1.29, 1.82) is 0 Å². The SMILES string of the molecule is Cc1ccc(N2CCCC2=O)cc1S(=O)(=O)NC1(c2ccccc2)CC1. The normalized spacial score (nSPS) is 19.0. The lowest BCUT2D eigenvalue weighted by atomic mass is 10.1. The molecule has 0 bridgehead atoms. The molecule has 5 nitrogen and oxygen atoms in total. The van der Waals surface area contributed by atoms with Crippen LogP contribution < -0.4 is 9.62 Å². The largest absolute Gasteiger partial charge is 0.312 e. The van der Waals surface area contributed by atoms with E-state index in [1.807, 2.05) is 36.4 Å². The van der Waals surface area contributed by atoms with Crippen LogP contribution in [0.2, 0.25) is 0 Å². The first-order valence-electron chi connectivity index (χ1n) is 8.92. The average molecular weight is 370 g/mol. The van der Waals surface area contributed by atoms with E-state index in [2.05, 4.69) is 4.72 Å². The molecule has 2 fully saturated rings. The van der Waals surface area contributed by atoms with Crippen LogP contribution in [0.1, 0.15) is 36.8 Å². The van der Waals surface area contributed by atoms with E-state index in [1.165, 1.54) is 0 Å². The minimum absolute atomic E-state index is 0.0492. The third-order valence-corrected chi connectivity index (χ3v) is 6.93. The first kappa shape index (κ1) is 17.2. The molecule has 2 aliphatic rings. The third kappa shape index (κ3) is 3.04. The first-order valence-corrected chi connectivity index (χ1v) is 10.4. The number of sulfonamides is 1. The van der Waals surface area contributed by atoms with Gasteiger partial charge in [0, 0.05) is 18.7 Å². The molecule has 2 aromatic rings. The Bertz CT molecular complexity index is 950. The van der Waals surface area contributed by atoms with E-state index in [0.717, 1.165) is 24.8 Å². The molecule has 1 saturated heterocycles. The molecule has 0 aromatic heterocycles. The van der Waals surface area contributed by atoms with Gasteiger partial charge in [-0.2, -0.15) is 0 Å². The number of nitrogens with one attached hydrogen (secondary N) is 1. The van der Waals surface area contributed by atoms with Crippen molar-refractivity contribution in [2.75, 3.05) is 11.4 Å². The summed E-state index contributed by atoms with van der Waals surface area (Å²) < 4.78 is 29.1. The molecular formula is C20H22N2O3S. The molecule has 0 unspecified atom stereocenters. The third-order valence-electron chi connectivity index (χ3n) is 5.25. The summed E-state index contributed by atoms with van der Waals surface area (Å²) in [7, 11) is -3.69. The van der Waals surface area contributed by atoms with Crippen molar-refractivity contribution in [3.05, 3.63) is 59.7 Å². The van der Waals surface area contributed by atoms with Crippen LogP contribution in [-0.2, 0) is 20.4 Å². The van der Waals surface area contributed by atoms with Gasteiger partial charge >= 0.3 is 0 Å². The Morgan fingerprint density at radius 3 is 2.42 bits per heavy atom. The Morgan fingerprint density at radius 1 is 1.08 bits per heavy atom. The Hall–Kier alpha value is -2.18. The number of nitrogens with zero attached hydrogens (tertiary/aromatic N) is 1. The van der Waals surface area contributed by atoms with Gasteiger partial charge in [-0.15, -0.1) is 0 Å². The zero-order chi connectivity index (χ0) is 18.4. The number of rotatable bonds is 5. The maximum Gasteiger partial charge on any atom is 0.241 e. The monoisotopic (exact) mass is 370 g/mol. The van der Waals surface area contributed by atoms with Gasteiger partial charge in [-0.3, -0.25) is 4.79 Å². The Labute approximate surface area is 154 Å². The first-order chi connectivity index (χ1) is 12.4. The molecule has 26 heavy (non-hydrogen) atoms. The zero-order valence-corrected chi connectivity index (χ0v) is 15.6. The molecule has 1 aliphatic heterocycles. The van der Waals surface area contributed by atoms with Crippen LogP contribution in [-0.4, -0.2) is 20.9 Å². The number of carbonyl (C=O) groups is 1. The highest BCUT2D eigenvalue weighted by atomic mass is 32.2. The van der Waals surface area contributed by atoms with Gasteiger partial charge in [0.15, 0.2) is 0 Å². The molecule has 0 radical (unpaired) electrons. The standard InChI is InChI=1S/C20H22N2O3S/c1-15-9-10-17(22-13-5-8-19(22)23)14-18(15)26(24,25)21-20(11-12-20)16-6-3-2-4-7-16/h2-4,6-7,9-10,14,21H,5,8,11-13H2,1H3. The Kier molecular flexibility index (Phi) is 4.12. The minimum Gasteiger partial charge on any atom is -0.312 e. The number of hydrogen-bond acceptors (Lipinski definition) is 3. The zero-order valence-electron chi connectivity index (χ0n) is 14.7. The summed E-state index contributed by atoms with van der Waals surface area (Å²) in [6.07, 6.45) is 2.91. The summed E-state index contributed by atoms with van der Waals surface area (Å²) >= 11 is 0. The average Bonchev–Trinajstić information content (AvgIpc) is 3.27. The summed E-state index contributed by atoms with van der Waals surface area (Å²) in [5, 5.41) is 0. The number of aryl methyl sites for hydroxylation is 1. The number of carbonyl (C=O) groups excluding carboxylic acids is 1. The second kappa shape index (κ2) is 6.21. The van der Waals surface area contributed by atoms with Gasteiger partial charge in [-0.25, -0.2) is 13.1 Å². The lowest BCUT2D eigenvalue weighted by molar-refractivity contribution is -0.117. The van der Waals surface area contributed by atoms with Crippen LogP contribution in [0.15, 0.2) is 53.4 Å². The highest BCUT2D eigenvalue weighted by molar-refractivity contribution is 7.89. The number of amides is 1. The smallest absolute Gasteiger partial charge is 0.241 e. The van der Waals surface area contributed by atoms with Crippen LogP contribution in [0.4, 0.5) is 5.69 Å². The van der Waals surface area contributed by atoms with E-state index in [4.69, 9.17) is 0 Å². The van der Waals surface area contributed by atoms with E-state index in [-0.39, 0.29) is 10.8 Å². The summed E-state index contributed by atoms with van der Waals surface area (Å²) in [6, 6.07) is 14.9. The van der Waals surface area contributed by atoms with Crippen LogP contribution in [0.5, 0.6) is 0 Å². The fraction of sp³-hybridized carbons (Fsp3) is 0.350.